The number of nitrogens with zero attached hydrogens (tertiary/aromatic N) is 3. The Morgan fingerprint density at radius 1 is 1.23 bits per heavy atom. The summed E-state index contributed by atoms with van der Waals surface area (Å²) in [5.41, 5.74) is 1.03. The highest BCUT2D eigenvalue weighted by Gasteiger charge is 2.22. The third-order valence-corrected chi connectivity index (χ3v) is 4.45. The Labute approximate surface area is 153 Å². The predicted octanol–water partition coefficient (Wildman–Crippen LogP) is 1.22. The molecule has 1 fully saturated rings. The minimum Gasteiger partial charge on any atom is -0.439 e. The van der Waals surface area contributed by atoms with Crippen molar-refractivity contribution in [1.29, 1.82) is 0 Å². The van der Waals surface area contributed by atoms with Gasteiger partial charge in [0.25, 0.3) is 0 Å². The third-order valence-electron chi connectivity index (χ3n) is 4.45. The van der Waals surface area contributed by atoms with Crippen molar-refractivity contribution in [3.8, 4) is 11.3 Å². The summed E-state index contributed by atoms with van der Waals surface area (Å²) in [5, 5.41) is 3.10. The summed E-state index contributed by atoms with van der Waals surface area (Å²) in [6.07, 6.45) is 1.77. The van der Waals surface area contributed by atoms with Crippen LogP contribution in [0.3, 0.4) is 0 Å². The number of nitrogens with one attached hydrogen (secondary N) is 1. The van der Waals surface area contributed by atoms with Crippen molar-refractivity contribution >= 4 is 5.91 Å². The highest BCUT2D eigenvalue weighted by Crippen LogP contribution is 2.20. The predicted molar refractivity (Wildman–Crippen MR) is 98.5 cm³/mol. The van der Waals surface area contributed by atoms with Crippen LogP contribution in [0.5, 0.6) is 0 Å². The molecule has 0 radical (unpaired) electrons. The van der Waals surface area contributed by atoms with E-state index in [9.17, 15) is 4.79 Å². The number of hydrogen-bond acceptors (Lipinski definition) is 6. The standard InChI is InChI=1S/C19H26N4O3/c1-25-12-7-20-14-19(24)23-10-8-22(9-11-23)15-18-21-13-17(26-18)16-5-3-2-4-6-16/h2-6,13,20H,7-12,14-15H2,1H3. The SMILES string of the molecule is COCCNCC(=O)N1CCN(Cc2ncc(-c3ccccc3)o2)CC1. The zero-order valence-electron chi connectivity index (χ0n) is 15.2. The Balaban J connectivity index is 1.43. The van der Waals surface area contributed by atoms with Crippen molar-refractivity contribution < 1.29 is 13.9 Å². The Morgan fingerprint density at radius 3 is 2.73 bits per heavy atom. The van der Waals surface area contributed by atoms with Gasteiger partial charge in [0, 0.05) is 45.4 Å². The monoisotopic (exact) mass is 358 g/mol. The van der Waals surface area contributed by atoms with Crippen LogP contribution in [0.1, 0.15) is 5.89 Å². The van der Waals surface area contributed by atoms with E-state index >= 15 is 0 Å². The zero-order valence-corrected chi connectivity index (χ0v) is 15.2. The molecule has 1 aromatic heterocycles. The smallest absolute Gasteiger partial charge is 0.236 e. The van der Waals surface area contributed by atoms with Crippen molar-refractivity contribution in [1.82, 2.24) is 20.1 Å². The second kappa shape index (κ2) is 9.47. The van der Waals surface area contributed by atoms with E-state index in [0.717, 1.165) is 37.5 Å². The van der Waals surface area contributed by atoms with Gasteiger partial charge in [0.05, 0.1) is 25.9 Å². The van der Waals surface area contributed by atoms with E-state index in [1.807, 2.05) is 35.2 Å². The van der Waals surface area contributed by atoms with E-state index in [1.165, 1.54) is 0 Å². The second-order valence-electron chi connectivity index (χ2n) is 6.31. The van der Waals surface area contributed by atoms with Crippen LogP contribution < -0.4 is 5.32 Å². The van der Waals surface area contributed by atoms with Gasteiger partial charge in [0.15, 0.2) is 5.76 Å². The van der Waals surface area contributed by atoms with Gasteiger partial charge >= 0.3 is 0 Å². The lowest BCUT2D eigenvalue weighted by Gasteiger charge is -2.34. The van der Waals surface area contributed by atoms with Crippen molar-refractivity contribution in [2.24, 2.45) is 0 Å². The van der Waals surface area contributed by atoms with Gasteiger partial charge in [-0.2, -0.15) is 0 Å². The van der Waals surface area contributed by atoms with Crippen LogP contribution in [-0.2, 0) is 16.1 Å². The lowest BCUT2D eigenvalue weighted by atomic mass is 10.2. The molecule has 1 N–H and O–H groups in total. The van der Waals surface area contributed by atoms with Crippen LogP contribution in [0.4, 0.5) is 0 Å². The van der Waals surface area contributed by atoms with Gasteiger partial charge < -0.3 is 19.4 Å². The summed E-state index contributed by atoms with van der Waals surface area (Å²) in [4.78, 5) is 20.7. The molecule has 0 atom stereocenters. The lowest BCUT2D eigenvalue weighted by Crippen LogP contribution is -2.50. The number of rotatable bonds is 8. The lowest BCUT2D eigenvalue weighted by molar-refractivity contribution is -0.132. The van der Waals surface area contributed by atoms with Gasteiger partial charge in [0.2, 0.25) is 11.8 Å². The number of aromatic nitrogens is 1. The Morgan fingerprint density at radius 2 is 2.00 bits per heavy atom. The number of hydrogen-bond donors (Lipinski definition) is 1. The molecule has 0 aliphatic carbocycles. The highest BCUT2D eigenvalue weighted by molar-refractivity contribution is 5.78. The highest BCUT2D eigenvalue weighted by atomic mass is 16.5. The molecule has 140 valence electrons. The molecule has 1 aliphatic rings. The van der Waals surface area contributed by atoms with Crippen molar-refractivity contribution in [2.45, 2.75) is 6.54 Å². The molecule has 7 heteroatoms. The first-order chi connectivity index (χ1) is 12.8. The minimum atomic E-state index is 0.142. The van der Waals surface area contributed by atoms with E-state index in [4.69, 9.17) is 9.15 Å². The maximum Gasteiger partial charge on any atom is 0.236 e. The molecular formula is C19H26N4O3. The van der Waals surface area contributed by atoms with E-state index in [0.29, 0.717) is 32.1 Å². The number of amides is 1. The number of carbonyl (C=O) groups is 1. The van der Waals surface area contributed by atoms with E-state index < -0.39 is 0 Å². The van der Waals surface area contributed by atoms with E-state index in [2.05, 4.69) is 15.2 Å². The molecule has 0 saturated carbocycles. The number of methoxy groups -OCH3 is 1. The molecule has 0 spiro atoms. The summed E-state index contributed by atoms with van der Waals surface area (Å²) in [7, 11) is 1.65. The molecule has 1 aromatic carbocycles. The normalized spacial score (nSPS) is 15.3. The molecular weight excluding hydrogens is 332 g/mol. The summed E-state index contributed by atoms with van der Waals surface area (Å²) >= 11 is 0. The van der Waals surface area contributed by atoms with Crippen LogP contribution in [-0.4, -0.2) is 73.7 Å². The fourth-order valence-corrected chi connectivity index (χ4v) is 2.95. The van der Waals surface area contributed by atoms with Gasteiger partial charge in [-0.25, -0.2) is 4.98 Å². The quantitative estimate of drug-likeness (QED) is 0.716. The number of piperazine rings is 1. The number of oxazole rings is 1. The first-order valence-corrected chi connectivity index (χ1v) is 8.96. The average Bonchev–Trinajstić information content (AvgIpc) is 3.15. The Kier molecular flexibility index (Phi) is 6.76. The fraction of sp³-hybridized carbons (Fsp3) is 0.474. The summed E-state index contributed by atoms with van der Waals surface area (Å²) in [6, 6.07) is 9.97. The average molecular weight is 358 g/mol. The van der Waals surface area contributed by atoms with Gasteiger partial charge in [-0.05, 0) is 0 Å². The molecule has 0 unspecified atom stereocenters. The van der Waals surface area contributed by atoms with Crippen LogP contribution in [0, 0.1) is 0 Å². The minimum absolute atomic E-state index is 0.142. The van der Waals surface area contributed by atoms with Crippen LogP contribution in [0.25, 0.3) is 11.3 Å². The van der Waals surface area contributed by atoms with Gasteiger partial charge in [-0.3, -0.25) is 9.69 Å². The zero-order chi connectivity index (χ0) is 18.2. The largest absolute Gasteiger partial charge is 0.439 e. The number of benzene rings is 1. The Bertz CT molecular complexity index is 681. The van der Waals surface area contributed by atoms with Crippen LogP contribution >= 0.6 is 0 Å². The fourth-order valence-electron chi connectivity index (χ4n) is 2.95. The molecule has 1 amide bonds. The van der Waals surface area contributed by atoms with Crippen molar-refractivity contribution in [3.05, 3.63) is 42.4 Å². The topological polar surface area (TPSA) is 70.8 Å². The first-order valence-electron chi connectivity index (χ1n) is 8.96. The summed E-state index contributed by atoms with van der Waals surface area (Å²) in [6.45, 7) is 5.45. The Hall–Kier alpha value is -2.22. The van der Waals surface area contributed by atoms with Crippen molar-refractivity contribution in [3.63, 3.8) is 0 Å². The van der Waals surface area contributed by atoms with Crippen LogP contribution in [0.15, 0.2) is 40.9 Å². The molecule has 0 bridgehead atoms. The first kappa shape index (κ1) is 18.6. The van der Waals surface area contributed by atoms with E-state index in [1.54, 1.807) is 13.3 Å². The maximum atomic E-state index is 12.2. The van der Waals surface area contributed by atoms with Crippen LogP contribution in [0.2, 0.25) is 0 Å². The number of ether oxygens (including phenoxy) is 1. The molecule has 2 aromatic rings. The molecule has 2 heterocycles. The third kappa shape index (κ3) is 5.14. The van der Waals surface area contributed by atoms with Crippen molar-refractivity contribution in [2.75, 3.05) is 53.0 Å². The van der Waals surface area contributed by atoms with Gasteiger partial charge in [-0.1, -0.05) is 30.3 Å². The molecule has 3 rings (SSSR count). The summed E-state index contributed by atoms with van der Waals surface area (Å²) in [5.74, 6) is 1.64. The molecule has 1 aliphatic heterocycles. The molecule has 26 heavy (non-hydrogen) atoms. The van der Waals surface area contributed by atoms with Gasteiger partial charge in [0.1, 0.15) is 0 Å². The maximum absolute atomic E-state index is 12.2. The van der Waals surface area contributed by atoms with Gasteiger partial charge in [-0.15, -0.1) is 0 Å². The summed E-state index contributed by atoms with van der Waals surface area (Å²) < 4.78 is 10.8. The molecule has 7 nitrogen and oxygen atoms in total. The second-order valence-corrected chi connectivity index (χ2v) is 6.31. The number of carbonyl (C=O) groups excluding carboxylic acids is 1. The molecule has 1 saturated heterocycles. The van der Waals surface area contributed by atoms with E-state index in [-0.39, 0.29) is 5.91 Å².